The van der Waals surface area contributed by atoms with E-state index in [1.165, 1.54) is 16.8 Å². The van der Waals surface area contributed by atoms with Crippen LogP contribution in [-0.4, -0.2) is 52.4 Å². The molecule has 1 aliphatic heterocycles. The predicted octanol–water partition coefficient (Wildman–Crippen LogP) is -0.200. The van der Waals surface area contributed by atoms with E-state index >= 15 is 0 Å². The van der Waals surface area contributed by atoms with E-state index in [-0.39, 0.29) is 23.8 Å². The van der Waals surface area contributed by atoms with Crippen LogP contribution in [0.15, 0.2) is 17.1 Å². The van der Waals surface area contributed by atoms with Crippen LogP contribution in [0.2, 0.25) is 0 Å². The number of carboxylic acids is 1. The van der Waals surface area contributed by atoms with Crippen LogP contribution in [0.25, 0.3) is 0 Å². The van der Waals surface area contributed by atoms with Gasteiger partial charge in [0, 0.05) is 19.2 Å². The molecule has 2 heterocycles. The maximum absolute atomic E-state index is 12.3. The molecule has 144 valence electrons. The highest BCUT2D eigenvalue weighted by atomic mass is 16.5. The lowest BCUT2D eigenvalue weighted by atomic mass is 9.93. The molecule has 1 aromatic heterocycles. The number of hydrogen-bond acceptors (Lipinski definition) is 7. The molecule has 1 aromatic rings. The van der Waals surface area contributed by atoms with Gasteiger partial charge in [0.2, 0.25) is 5.91 Å². The number of aliphatic carboxylic acids is 1. The normalized spacial score (nSPS) is 26.5. The van der Waals surface area contributed by atoms with Crippen molar-refractivity contribution in [2.45, 2.75) is 38.6 Å². The Morgan fingerprint density at radius 2 is 2.15 bits per heavy atom. The third-order valence-corrected chi connectivity index (χ3v) is 4.60. The molecule has 1 aliphatic rings. The Bertz CT molecular complexity index is 721. The van der Waals surface area contributed by atoms with Gasteiger partial charge in [-0.3, -0.25) is 14.2 Å². The van der Waals surface area contributed by atoms with Gasteiger partial charge in [-0.15, -0.1) is 0 Å². The van der Waals surface area contributed by atoms with Crippen LogP contribution in [0, 0.1) is 11.8 Å². The molecule has 0 saturated carbocycles. The summed E-state index contributed by atoms with van der Waals surface area (Å²) in [5, 5.41) is 11.1. The Morgan fingerprint density at radius 3 is 2.73 bits per heavy atom. The number of amides is 1. The number of hydrogen-bond donors (Lipinski definition) is 3. The minimum Gasteiger partial charge on any atom is -0.480 e. The molecule has 4 N–H and O–H groups in total. The zero-order valence-electron chi connectivity index (χ0n) is 14.9. The summed E-state index contributed by atoms with van der Waals surface area (Å²) in [6.07, 6.45) is 0.476. The summed E-state index contributed by atoms with van der Waals surface area (Å²) < 4.78 is 12.4. The highest BCUT2D eigenvalue weighted by Crippen LogP contribution is 2.38. The molecule has 1 fully saturated rings. The quantitative estimate of drug-likeness (QED) is 0.600. The first kappa shape index (κ1) is 20.0. The fraction of sp³-hybridized carbons (Fsp3) is 0.625. The first-order chi connectivity index (χ1) is 12.2. The van der Waals surface area contributed by atoms with Crippen molar-refractivity contribution in [1.82, 2.24) is 9.55 Å². The Morgan fingerprint density at radius 1 is 1.46 bits per heavy atom. The summed E-state index contributed by atoms with van der Waals surface area (Å²) in [5.74, 6) is -1.62. The number of carboxylic acid groups (broad SMARTS) is 1. The van der Waals surface area contributed by atoms with Crippen molar-refractivity contribution in [2.75, 3.05) is 19.0 Å². The molecule has 0 spiro atoms. The number of nitrogens with one attached hydrogen (secondary N) is 1. The van der Waals surface area contributed by atoms with Gasteiger partial charge in [0.05, 0.1) is 19.1 Å². The number of ether oxygens (including phenoxy) is 2. The van der Waals surface area contributed by atoms with Crippen LogP contribution in [0.3, 0.4) is 0 Å². The van der Waals surface area contributed by atoms with Crippen molar-refractivity contribution in [3.8, 4) is 0 Å². The van der Waals surface area contributed by atoms with Gasteiger partial charge in [-0.2, -0.15) is 4.98 Å². The van der Waals surface area contributed by atoms with Crippen molar-refractivity contribution in [3.63, 3.8) is 0 Å². The third-order valence-electron chi connectivity index (χ3n) is 4.60. The first-order valence-electron chi connectivity index (χ1n) is 8.26. The molecule has 5 atom stereocenters. The maximum Gasteiger partial charge on any atom is 0.351 e. The first-order valence-corrected chi connectivity index (χ1v) is 8.26. The molecule has 0 bridgehead atoms. The van der Waals surface area contributed by atoms with Gasteiger partial charge >= 0.3 is 11.7 Å². The van der Waals surface area contributed by atoms with Crippen molar-refractivity contribution in [3.05, 3.63) is 22.7 Å². The van der Waals surface area contributed by atoms with E-state index in [9.17, 15) is 14.4 Å². The lowest BCUT2D eigenvalue weighted by Gasteiger charge is -2.18. The smallest absolute Gasteiger partial charge is 0.351 e. The molecule has 0 aliphatic carbocycles. The van der Waals surface area contributed by atoms with Crippen molar-refractivity contribution in [2.24, 2.45) is 17.6 Å². The number of carbonyl (C=O) groups is 2. The van der Waals surface area contributed by atoms with Crippen LogP contribution in [0.4, 0.5) is 5.82 Å². The van der Waals surface area contributed by atoms with E-state index in [1.807, 2.05) is 13.8 Å². The zero-order valence-corrected chi connectivity index (χ0v) is 14.9. The summed E-state index contributed by atoms with van der Waals surface area (Å²) in [6, 6.07) is 0.137. The van der Waals surface area contributed by atoms with Crippen LogP contribution >= 0.6 is 0 Å². The van der Waals surface area contributed by atoms with Crippen LogP contribution in [0.1, 0.15) is 26.5 Å². The standard InChI is InChI=1S/C16H24N4O6/c1-8-9(2)14(26-11(8)7-25-3)20-5-4-12(19-16(20)24)18-13(21)6-10(17)15(22)23/h4-5,8-11,14H,6-7,17H2,1-3H3,(H,22,23)(H,18,19,21,24)/t8?,9-,10+,11-,14-/m1/s1. The molecule has 0 aromatic carbocycles. The van der Waals surface area contributed by atoms with Gasteiger partial charge in [0.1, 0.15) is 18.1 Å². The van der Waals surface area contributed by atoms with Crippen molar-refractivity contribution < 1.29 is 24.2 Å². The summed E-state index contributed by atoms with van der Waals surface area (Å²) in [7, 11) is 1.59. The molecule has 26 heavy (non-hydrogen) atoms. The Balaban J connectivity index is 2.09. The molecule has 0 radical (unpaired) electrons. The lowest BCUT2D eigenvalue weighted by Crippen LogP contribution is -2.35. The summed E-state index contributed by atoms with van der Waals surface area (Å²) in [6.45, 7) is 4.45. The summed E-state index contributed by atoms with van der Waals surface area (Å²) in [4.78, 5) is 38.6. The Labute approximate surface area is 150 Å². The monoisotopic (exact) mass is 368 g/mol. The highest BCUT2D eigenvalue weighted by Gasteiger charge is 2.40. The lowest BCUT2D eigenvalue weighted by molar-refractivity contribution is -0.140. The van der Waals surface area contributed by atoms with Crippen LogP contribution in [-0.2, 0) is 19.1 Å². The molecule has 1 unspecified atom stereocenters. The topological polar surface area (TPSA) is 146 Å². The van der Waals surface area contributed by atoms with E-state index in [2.05, 4.69) is 10.3 Å². The van der Waals surface area contributed by atoms with Crippen LogP contribution < -0.4 is 16.7 Å². The van der Waals surface area contributed by atoms with Crippen molar-refractivity contribution >= 4 is 17.7 Å². The number of methoxy groups -OCH3 is 1. The minimum atomic E-state index is -1.32. The van der Waals surface area contributed by atoms with Gasteiger partial charge < -0.3 is 25.6 Å². The number of nitrogens with two attached hydrogens (primary N) is 1. The fourth-order valence-corrected chi connectivity index (χ4v) is 2.86. The minimum absolute atomic E-state index is 0.0287. The number of rotatable bonds is 7. The highest BCUT2D eigenvalue weighted by molar-refractivity contribution is 5.93. The van der Waals surface area contributed by atoms with E-state index in [0.717, 1.165) is 0 Å². The SMILES string of the molecule is COC[C@H]1O[C@@H](n2ccc(NC(=O)C[C@H](N)C(=O)O)nc2=O)[C@H](C)C1C. The van der Waals surface area contributed by atoms with E-state index < -0.39 is 36.3 Å². The largest absolute Gasteiger partial charge is 0.480 e. The van der Waals surface area contributed by atoms with Crippen molar-refractivity contribution in [1.29, 1.82) is 0 Å². The average molecular weight is 368 g/mol. The third kappa shape index (κ3) is 4.45. The molecular weight excluding hydrogens is 344 g/mol. The second-order valence-electron chi connectivity index (χ2n) is 6.44. The summed E-state index contributed by atoms with van der Waals surface area (Å²) in [5.41, 5.74) is 4.72. The Hall–Kier alpha value is -2.30. The molecule has 1 amide bonds. The number of nitrogens with zero attached hydrogens (tertiary/aromatic N) is 2. The maximum atomic E-state index is 12.3. The van der Waals surface area contributed by atoms with Gasteiger partial charge in [-0.25, -0.2) is 4.79 Å². The Kier molecular flexibility index (Phi) is 6.46. The fourth-order valence-electron chi connectivity index (χ4n) is 2.86. The van der Waals surface area contributed by atoms with E-state index in [0.29, 0.717) is 6.61 Å². The van der Waals surface area contributed by atoms with E-state index in [1.54, 1.807) is 7.11 Å². The molecule has 2 rings (SSSR count). The number of aromatic nitrogens is 2. The molecular formula is C16H24N4O6. The van der Waals surface area contributed by atoms with Crippen LogP contribution in [0.5, 0.6) is 0 Å². The predicted molar refractivity (Wildman–Crippen MR) is 91.5 cm³/mol. The zero-order chi connectivity index (χ0) is 19.4. The summed E-state index contributed by atoms with van der Waals surface area (Å²) >= 11 is 0. The van der Waals surface area contributed by atoms with Gasteiger partial charge in [-0.1, -0.05) is 13.8 Å². The number of carbonyl (C=O) groups excluding carboxylic acids is 1. The van der Waals surface area contributed by atoms with Gasteiger partial charge in [0.15, 0.2) is 0 Å². The van der Waals surface area contributed by atoms with Gasteiger partial charge in [-0.05, 0) is 12.0 Å². The second kappa shape index (κ2) is 8.39. The molecule has 10 nitrogen and oxygen atoms in total. The average Bonchev–Trinajstić information content (AvgIpc) is 2.83. The van der Waals surface area contributed by atoms with E-state index in [4.69, 9.17) is 20.3 Å². The second-order valence-corrected chi connectivity index (χ2v) is 6.44. The van der Waals surface area contributed by atoms with Gasteiger partial charge in [0.25, 0.3) is 0 Å². The molecule has 1 saturated heterocycles. The molecule has 10 heteroatoms. The number of anilines is 1.